The summed E-state index contributed by atoms with van der Waals surface area (Å²) in [6, 6.07) is 3.95. The van der Waals surface area contributed by atoms with Gasteiger partial charge in [0.2, 0.25) is 0 Å². The highest BCUT2D eigenvalue weighted by atomic mass is 35.5. The first-order valence-electron chi connectivity index (χ1n) is 5.50. The van der Waals surface area contributed by atoms with Crippen molar-refractivity contribution in [2.45, 2.75) is 32.6 Å². The second-order valence-electron chi connectivity index (χ2n) is 4.49. The van der Waals surface area contributed by atoms with E-state index in [1.807, 2.05) is 20.8 Å². The van der Waals surface area contributed by atoms with E-state index in [0.717, 1.165) is 0 Å². The van der Waals surface area contributed by atoms with Gasteiger partial charge >= 0.3 is 0 Å². The van der Waals surface area contributed by atoms with Crippen LogP contribution in [0.25, 0.3) is 0 Å². The number of hydrogen-bond donors (Lipinski definition) is 0. The maximum Gasteiger partial charge on any atom is 0.129 e. The Morgan fingerprint density at radius 2 is 1.62 bits per heavy atom. The van der Waals surface area contributed by atoms with Gasteiger partial charge in [-0.3, -0.25) is 0 Å². The Balaban J connectivity index is 2.94. The molecule has 2 atom stereocenters. The van der Waals surface area contributed by atoms with Crippen molar-refractivity contribution in [1.29, 1.82) is 0 Å². The fourth-order valence-electron chi connectivity index (χ4n) is 1.89. The molecular weight excluding hydrogens is 230 g/mol. The minimum atomic E-state index is -0.483. The lowest BCUT2D eigenvalue weighted by molar-refractivity contribution is 0.365. The van der Waals surface area contributed by atoms with Gasteiger partial charge in [-0.25, -0.2) is 8.78 Å². The molecule has 1 aromatic rings. The molecule has 0 aliphatic carbocycles. The van der Waals surface area contributed by atoms with Gasteiger partial charge in [-0.05, 0) is 37.3 Å². The minimum Gasteiger partial charge on any atom is -0.207 e. The number of halogens is 3. The molecule has 0 radical (unpaired) electrons. The Morgan fingerprint density at radius 3 is 2.00 bits per heavy atom. The van der Waals surface area contributed by atoms with Gasteiger partial charge in [-0.15, -0.1) is 11.6 Å². The summed E-state index contributed by atoms with van der Waals surface area (Å²) in [6.07, 6.45) is 0.348. The SMILES string of the molecule is CC(C)C(Cc1c(F)cccc1F)C(C)Cl. The van der Waals surface area contributed by atoms with Crippen LogP contribution in [0.1, 0.15) is 26.3 Å². The molecule has 0 fully saturated rings. The van der Waals surface area contributed by atoms with Crippen LogP contribution in [0.4, 0.5) is 8.78 Å². The largest absolute Gasteiger partial charge is 0.207 e. The second kappa shape index (κ2) is 5.62. The molecule has 1 aromatic carbocycles. The standard InChI is InChI=1S/C13H17ClF2/c1-8(2)10(9(3)14)7-11-12(15)5-4-6-13(11)16/h4-6,8-10H,7H2,1-3H3. The third-order valence-corrected chi connectivity index (χ3v) is 3.27. The van der Waals surface area contributed by atoms with Crippen molar-refractivity contribution in [3.05, 3.63) is 35.4 Å². The van der Waals surface area contributed by atoms with Crippen LogP contribution in [0.15, 0.2) is 18.2 Å². The molecule has 0 N–H and O–H groups in total. The molecule has 0 saturated carbocycles. The van der Waals surface area contributed by atoms with E-state index in [2.05, 4.69) is 0 Å². The third kappa shape index (κ3) is 3.18. The molecule has 0 bridgehead atoms. The average Bonchev–Trinajstić information content (AvgIpc) is 2.15. The summed E-state index contributed by atoms with van der Waals surface area (Å²) in [5.74, 6) is -0.592. The van der Waals surface area contributed by atoms with E-state index in [-0.39, 0.29) is 16.9 Å². The summed E-state index contributed by atoms with van der Waals surface area (Å²) in [5, 5.41) is -0.0981. The Morgan fingerprint density at radius 1 is 1.12 bits per heavy atom. The van der Waals surface area contributed by atoms with Gasteiger partial charge < -0.3 is 0 Å². The van der Waals surface area contributed by atoms with Crippen LogP contribution in [0, 0.1) is 23.5 Å². The van der Waals surface area contributed by atoms with Crippen molar-refractivity contribution in [3.63, 3.8) is 0 Å². The normalized spacial score (nSPS) is 15.2. The number of benzene rings is 1. The summed E-state index contributed by atoms with van der Waals surface area (Å²) in [5.41, 5.74) is 0.147. The van der Waals surface area contributed by atoms with Gasteiger partial charge in [0.25, 0.3) is 0 Å². The smallest absolute Gasteiger partial charge is 0.129 e. The van der Waals surface area contributed by atoms with Gasteiger partial charge in [0.1, 0.15) is 11.6 Å². The van der Waals surface area contributed by atoms with Crippen LogP contribution in [0.5, 0.6) is 0 Å². The van der Waals surface area contributed by atoms with E-state index in [9.17, 15) is 8.78 Å². The quantitative estimate of drug-likeness (QED) is 0.691. The number of rotatable bonds is 4. The first-order chi connectivity index (χ1) is 7.43. The lowest BCUT2D eigenvalue weighted by Crippen LogP contribution is -2.21. The Kier molecular flexibility index (Phi) is 4.72. The van der Waals surface area contributed by atoms with Gasteiger partial charge in [0.05, 0.1) is 0 Å². The topological polar surface area (TPSA) is 0 Å². The van der Waals surface area contributed by atoms with Crippen LogP contribution in [-0.4, -0.2) is 5.38 Å². The highest BCUT2D eigenvalue weighted by molar-refractivity contribution is 6.20. The monoisotopic (exact) mass is 246 g/mol. The molecule has 0 nitrogen and oxygen atoms in total. The molecule has 0 spiro atoms. The summed E-state index contributed by atoms with van der Waals surface area (Å²) >= 11 is 6.05. The molecule has 0 saturated heterocycles. The first-order valence-corrected chi connectivity index (χ1v) is 5.94. The average molecular weight is 247 g/mol. The zero-order chi connectivity index (χ0) is 12.3. The van der Waals surface area contributed by atoms with Gasteiger partial charge in [0.15, 0.2) is 0 Å². The van der Waals surface area contributed by atoms with E-state index in [1.54, 1.807) is 0 Å². The van der Waals surface area contributed by atoms with Crippen LogP contribution in [-0.2, 0) is 6.42 Å². The summed E-state index contributed by atoms with van der Waals surface area (Å²) in [7, 11) is 0. The summed E-state index contributed by atoms with van der Waals surface area (Å²) in [4.78, 5) is 0. The van der Waals surface area contributed by atoms with Crippen LogP contribution < -0.4 is 0 Å². The van der Waals surface area contributed by atoms with Crippen molar-refractivity contribution in [2.24, 2.45) is 11.8 Å². The van der Waals surface area contributed by atoms with E-state index >= 15 is 0 Å². The van der Waals surface area contributed by atoms with Crippen molar-refractivity contribution in [1.82, 2.24) is 0 Å². The van der Waals surface area contributed by atoms with Gasteiger partial charge in [0, 0.05) is 10.9 Å². The number of alkyl halides is 1. The third-order valence-electron chi connectivity index (χ3n) is 2.95. The van der Waals surface area contributed by atoms with Crippen LogP contribution in [0.3, 0.4) is 0 Å². The lowest BCUT2D eigenvalue weighted by atomic mass is 9.86. The fraction of sp³-hybridized carbons (Fsp3) is 0.538. The molecule has 0 aromatic heterocycles. The van der Waals surface area contributed by atoms with E-state index in [1.165, 1.54) is 18.2 Å². The van der Waals surface area contributed by atoms with Crippen molar-refractivity contribution < 1.29 is 8.78 Å². The van der Waals surface area contributed by atoms with Crippen LogP contribution in [0.2, 0.25) is 0 Å². The molecule has 1 rings (SSSR count). The molecule has 0 aliphatic rings. The van der Waals surface area contributed by atoms with Gasteiger partial charge in [-0.1, -0.05) is 19.9 Å². The van der Waals surface area contributed by atoms with E-state index in [0.29, 0.717) is 12.3 Å². The molecular formula is C13H17ClF2. The van der Waals surface area contributed by atoms with E-state index in [4.69, 9.17) is 11.6 Å². The van der Waals surface area contributed by atoms with Crippen molar-refractivity contribution in [2.75, 3.05) is 0 Å². The Bertz CT molecular complexity index is 320. The predicted molar refractivity (Wildman–Crippen MR) is 63.7 cm³/mol. The zero-order valence-corrected chi connectivity index (χ0v) is 10.6. The zero-order valence-electron chi connectivity index (χ0n) is 9.81. The summed E-state index contributed by atoms with van der Waals surface area (Å²) in [6.45, 7) is 5.90. The van der Waals surface area contributed by atoms with Gasteiger partial charge in [-0.2, -0.15) is 0 Å². The Hall–Kier alpha value is -0.630. The lowest BCUT2D eigenvalue weighted by Gasteiger charge is -2.23. The molecule has 16 heavy (non-hydrogen) atoms. The highest BCUT2D eigenvalue weighted by Gasteiger charge is 2.22. The first kappa shape index (κ1) is 13.4. The van der Waals surface area contributed by atoms with E-state index < -0.39 is 11.6 Å². The molecule has 2 unspecified atom stereocenters. The second-order valence-corrected chi connectivity index (χ2v) is 5.18. The minimum absolute atomic E-state index is 0.0769. The molecule has 0 aliphatic heterocycles. The summed E-state index contributed by atoms with van der Waals surface area (Å²) < 4.78 is 26.9. The predicted octanol–water partition coefficient (Wildman–Crippen LogP) is 4.41. The highest BCUT2D eigenvalue weighted by Crippen LogP contribution is 2.26. The maximum atomic E-state index is 13.5. The van der Waals surface area contributed by atoms with Crippen molar-refractivity contribution >= 4 is 11.6 Å². The number of hydrogen-bond acceptors (Lipinski definition) is 0. The van der Waals surface area contributed by atoms with Crippen LogP contribution >= 0.6 is 11.6 Å². The maximum absolute atomic E-state index is 13.5. The Labute approximate surface area is 101 Å². The molecule has 90 valence electrons. The molecule has 0 amide bonds. The van der Waals surface area contributed by atoms with Crippen molar-refractivity contribution in [3.8, 4) is 0 Å². The molecule has 3 heteroatoms. The fourth-order valence-corrected chi connectivity index (χ4v) is 2.27. The molecule has 0 heterocycles.